The van der Waals surface area contributed by atoms with Crippen LogP contribution in [0.3, 0.4) is 0 Å². The lowest BCUT2D eigenvalue weighted by molar-refractivity contribution is -0.224. The number of aliphatic hydroxyl groups excluding tert-OH is 1. The Labute approximate surface area is 154 Å². The zero-order valence-corrected chi connectivity index (χ0v) is 14.9. The lowest BCUT2D eigenvalue weighted by atomic mass is 9.99. The summed E-state index contributed by atoms with van der Waals surface area (Å²) in [6, 6.07) is 8.11. The summed E-state index contributed by atoms with van der Waals surface area (Å²) >= 11 is 6.08. The second kappa shape index (κ2) is 8.98. The molecule has 8 nitrogen and oxygen atoms in total. The summed E-state index contributed by atoms with van der Waals surface area (Å²) in [5, 5.41) is 10.5. The van der Waals surface area contributed by atoms with Gasteiger partial charge in [0.1, 0.15) is 18.8 Å². The third kappa shape index (κ3) is 5.17. The highest BCUT2D eigenvalue weighted by molar-refractivity contribution is 6.20. The summed E-state index contributed by atoms with van der Waals surface area (Å²) in [7, 11) is 0. The molecule has 0 aromatic heterocycles. The van der Waals surface area contributed by atoms with Crippen molar-refractivity contribution in [2.45, 2.75) is 43.8 Å². The monoisotopic (exact) mass is 386 g/mol. The first-order valence-corrected chi connectivity index (χ1v) is 8.27. The van der Waals surface area contributed by atoms with Crippen LogP contribution in [-0.4, -0.2) is 59.6 Å². The molecule has 1 N–H and O–H groups in total. The predicted molar refractivity (Wildman–Crippen MR) is 88.4 cm³/mol. The quantitative estimate of drug-likeness (QED) is 0.454. The van der Waals surface area contributed by atoms with Crippen LogP contribution in [0.25, 0.3) is 0 Å². The highest BCUT2D eigenvalue weighted by Gasteiger charge is 2.49. The van der Waals surface area contributed by atoms with Crippen LogP contribution >= 0.6 is 11.6 Å². The van der Waals surface area contributed by atoms with Gasteiger partial charge >= 0.3 is 17.9 Å². The number of aliphatic hydroxyl groups is 1. The van der Waals surface area contributed by atoms with Gasteiger partial charge in [0.15, 0.2) is 17.8 Å². The van der Waals surface area contributed by atoms with Crippen molar-refractivity contribution < 1.29 is 38.4 Å². The number of halogens is 1. The first-order valence-electron chi connectivity index (χ1n) is 7.83. The summed E-state index contributed by atoms with van der Waals surface area (Å²) in [6.07, 6.45) is -4.99. The van der Waals surface area contributed by atoms with Crippen molar-refractivity contribution in [1.82, 2.24) is 0 Å². The van der Waals surface area contributed by atoms with Crippen LogP contribution in [0, 0.1) is 0 Å². The molecule has 1 aliphatic rings. The Balaban J connectivity index is 2.14. The molecule has 0 aliphatic carbocycles. The molecule has 9 heteroatoms. The smallest absolute Gasteiger partial charge is 0.338 e. The van der Waals surface area contributed by atoms with Crippen molar-refractivity contribution in [3.05, 3.63) is 35.9 Å². The molecule has 0 spiro atoms. The molecule has 0 saturated carbocycles. The van der Waals surface area contributed by atoms with E-state index >= 15 is 0 Å². The van der Waals surface area contributed by atoms with Gasteiger partial charge in [0.2, 0.25) is 0 Å². The first-order chi connectivity index (χ1) is 12.3. The van der Waals surface area contributed by atoms with Crippen LogP contribution in [0.15, 0.2) is 30.3 Å². The van der Waals surface area contributed by atoms with E-state index in [4.69, 9.17) is 30.5 Å². The van der Waals surface area contributed by atoms with Crippen LogP contribution in [0.5, 0.6) is 0 Å². The predicted octanol–water partition coefficient (Wildman–Crippen LogP) is 1.03. The van der Waals surface area contributed by atoms with E-state index in [0.29, 0.717) is 0 Å². The number of hydrogen-bond donors (Lipinski definition) is 1. The molecular weight excluding hydrogens is 368 g/mol. The number of rotatable bonds is 5. The lowest BCUT2D eigenvalue weighted by Gasteiger charge is -2.41. The zero-order valence-electron chi connectivity index (χ0n) is 14.2. The van der Waals surface area contributed by atoms with Crippen molar-refractivity contribution in [2.75, 3.05) is 6.61 Å². The second-order valence-corrected chi connectivity index (χ2v) is 6.06. The molecule has 142 valence electrons. The normalized spacial score (nSPS) is 28.1. The van der Waals surface area contributed by atoms with Gasteiger partial charge in [-0.1, -0.05) is 29.8 Å². The van der Waals surface area contributed by atoms with Gasteiger partial charge < -0.3 is 24.1 Å². The summed E-state index contributed by atoms with van der Waals surface area (Å²) < 4.78 is 20.6. The molecule has 1 fully saturated rings. The van der Waals surface area contributed by atoms with Crippen molar-refractivity contribution >= 4 is 29.5 Å². The van der Waals surface area contributed by atoms with Gasteiger partial charge in [0.25, 0.3) is 0 Å². The van der Waals surface area contributed by atoms with Gasteiger partial charge in [-0.25, -0.2) is 4.79 Å². The van der Waals surface area contributed by atoms with Crippen LogP contribution in [-0.2, 0) is 28.5 Å². The fourth-order valence-corrected chi connectivity index (χ4v) is 2.78. The van der Waals surface area contributed by atoms with E-state index < -0.39 is 47.9 Å². The maximum atomic E-state index is 12.2. The molecule has 1 heterocycles. The van der Waals surface area contributed by atoms with E-state index in [2.05, 4.69) is 0 Å². The molecular formula is C17H19ClO8. The molecule has 2 rings (SSSR count). The number of alkyl halides is 1. The van der Waals surface area contributed by atoms with Gasteiger partial charge in [-0.05, 0) is 12.1 Å². The van der Waals surface area contributed by atoms with E-state index in [9.17, 15) is 19.5 Å². The summed E-state index contributed by atoms with van der Waals surface area (Å²) in [6.45, 7) is 2.06. The topological polar surface area (TPSA) is 108 Å². The highest BCUT2D eigenvalue weighted by Crippen LogP contribution is 2.29. The minimum Gasteiger partial charge on any atom is -0.463 e. The van der Waals surface area contributed by atoms with Gasteiger partial charge in [-0.3, -0.25) is 9.59 Å². The van der Waals surface area contributed by atoms with Crippen LogP contribution in [0.2, 0.25) is 0 Å². The van der Waals surface area contributed by atoms with Crippen molar-refractivity contribution in [2.24, 2.45) is 0 Å². The summed E-state index contributed by atoms with van der Waals surface area (Å²) in [4.78, 5) is 34.5. The van der Waals surface area contributed by atoms with Crippen LogP contribution in [0.4, 0.5) is 0 Å². The van der Waals surface area contributed by atoms with Crippen molar-refractivity contribution in [3.63, 3.8) is 0 Å². The largest absolute Gasteiger partial charge is 0.463 e. The Morgan fingerprint density at radius 3 is 2.31 bits per heavy atom. The van der Waals surface area contributed by atoms with E-state index in [1.165, 1.54) is 19.1 Å². The second-order valence-electron chi connectivity index (χ2n) is 5.63. The maximum Gasteiger partial charge on any atom is 0.338 e. The zero-order chi connectivity index (χ0) is 19.3. The molecule has 1 aromatic rings. The first kappa shape index (κ1) is 20.2. The average molecular weight is 387 g/mol. The third-order valence-corrected chi connectivity index (χ3v) is 3.96. The average Bonchev–Trinajstić information content (AvgIpc) is 2.59. The Kier molecular flexibility index (Phi) is 6.96. The highest BCUT2D eigenvalue weighted by atomic mass is 35.5. The van der Waals surface area contributed by atoms with E-state index in [1.54, 1.807) is 18.2 Å². The molecule has 26 heavy (non-hydrogen) atoms. The van der Waals surface area contributed by atoms with E-state index in [1.807, 2.05) is 0 Å². The Morgan fingerprint density at radius 2 is 1.73 bits per heavy atom. The number of hydrogen-bond acceptors (Lipinski definition) is 8. The Morgan fingerprint density at radius 1 is 1.08 bits per heavy atom. The van der Waals surface area contributed by atoms with Crippen LogP contribution < -0.4 is 0 Å². The van der Waals surface area contributed by atoms with Crippen LogP contribution in [0.1, 0.15) is 24.2 Å². The molecule has 5 atom stereocenters. The lowest BCUT2D eigenvalue weighted by Crippen LogP contribution is -2.59. The van der Waals surface area contributed by atoms with Crippen molar-refractivity contribution in [3.8, 4) is 0 Å². The number of ether oxygens (including phenoxy) is 4. The van der Waals surface area contributed by atoms with Gasteiger partial charge in [-0.2, -0.15) is 0 Å². The summed E-state index contributed by atoms with van der Waals surface area (Å²) in [5.74, 6) is -1.98. The van der Waals surface area contributed by atoms with E-state index in [0.717, 1.165) is 6.92 Å². The molecule has 0 unspecified atom stereocenters. The number of carbonyl (C=O) groups excluding carboxylic acids is 3. The van der Waals surface area contributed by atoms with Gasteiger partial charge in [0, 0.05) is 13.8 Å². The van der Waals surface area contributed by atoms with Crippen molar-refractivity contribution in [1.29, 1.82) is 0 Å². The van der Waals surface area contributed by atoms with E-state index in [-0.39, 0.29) is 12.2 Å². The number of carbonyl (C=O) groups is 3. The number of benzene rings is 1. The molecule has 1 aliphatic heterocycles. The minimum atomic E-state index is -1.47. The summed E-state index contributed by atoms with van der Waals surface area (Å²) in [5.41, 5.74) is -0.973. The fraction of sp³-hybridized carbons (Fsp3) is 0.471. The van der Waals surface area contributed by atoms with Gasteiger partial charge in [0.05, 0.1) is 5.56 Å². The molecule has 1 aromatic carbocycles. The standard InChI is InChI=1S/C17H19ClO8/c1-9(19)23-8-12-14(24-10(2)20)13(21)15(16(18)25-12)26-17(22)11-6-4-3-5-7-11/h3-7,12-16,21H,8H2,1-2H3/t12-,13+,14+,15-,16+/m1/s1. The third-order valence-electron chi connectivity index (χ3n) is 3.61. The van der Waals surface area contributed by atoms with Gasteiger partial charge in [-0.15, -0.1) is 0 Å². The molecule has 0 bridgehead atoms. The Hall–Kier alpha value is -2.16. The number of esters is 3. The molecule has 1 saturated heterocycles. The Bertz CT molecular complexity index is 649. The molecule has 0 amide bonds. The molecule has 0 radical (unpaired) electrons. The minimum absolute atomic E-state index is 0.259. The SMILES string of the molecule is CC(=O)OC[C@H]1O[C@H](Cl)[C@H](OC(=O)c2ccccc2)[C@@H](O)[C@H]1OC(C)=O. The fourth-order valence-electron chi connectivity index (χ4n) is 2.44. The maximum absolute atomic E-state index is 12.2.